The molecule has 1 fully saturated rings. The minimum Gasteiger partial charge on any atom is -0.489 e. The zero-order valence-electron chi connectivity index (χ0n) is 12.1. The number of aryl methyl sites for hydroxylation is 1. The summed E-state index contributed by atoms with van der Waals surface area (Å²) in [6.45, 7) is 1.89. The summed E-state index contributed by atoms with van der Waals surface area (Å²) in [6.07, 6.45) is 4.97. The molecule has 0 spiro atoms. The van der Waals surface area contributed by atoms with Gasteiger partial charge in [-0.05, 0) is 42.2 Å². The minimum absolute atomic E-state index is 0.372. The van der Waals surface area contributed by atoms with Crippen molar-refractivity contribution in [3.05, 3.63) is 35.3 Å². The monoisotopic (exact) mass is 297 g/mol. The predicted molar refractivity (Wildman–Crippen MR) is 79.4 cm³/mol. The zero-order valence-corrected chi connectivity index (χ0v) is 12.1. The first-order valence-corrected chi connectivity index (χ1v) is 7.19. The molecule has 112 valence electrons. The fraction of sp³-hybridized carbons (Fsp3) is 0.333. The van der Waals surface area contributed by atoms with E-state index >= 15 is 0 Å². The quantitative estimate of drug-likeness (QED) is 0.786. The van der Waals surface area contributed by atoms with Gasteiger partial charge in [0.15, 0.2) is 5.52 Å². The van der Waals surface area contributed by atoms with Crippen LogP contribution in [0.3, 0.4) is 0 Å². The van der Waals surface area contributed by atoms with E-state index in [0.29, 0.717) is 29.4 Å². The normalized spacial score (nSPS) is 14.4. The molecule has 4 rings (SSSR count). The van der Waals surface area contributed by atoms with Crippen LogP contribution in [0.2, 0.25) is 0 Å². The molecule has 1 aliphatic rings. The first-order valence-electron chi connectivity index (χ1n) is 7.19. The van der Waals surface area contributed by atoms with E-state index in [9.17, 15) is 0 Å². The summed E-state index contributed by atoms with van der Waals surface area (Å²) >= 11 is 0. The van der Waals surface area contributed by atoms with Gasteiger partial charge in [0.2, 0.25) is 5.65 Å². The molecular weight excluding hydrogens is 282 g/mol. The predicted octanol–water partition coefficient (Wildman–Crippen LogP) is 2.04. The summed E-state index contributed by atoms with van der Waals surface area (Å²) in [4.78, 5) is 8.79. The molecule has 3 aromatic rings. The lowest BCUT2D eigenvalue weighted by Gasteiger charge is -2.09. The third-order valence-electron chi connectivity index (χ3n) is 3.74. The van der Waals surface area contributed by atoms with E-state index in [1.807, 2.05) is 19.1 Å². The van der Waals surface area contributed by atoms with Gasteiger partial charge in [-0.15, -0.1) is 0 Å². The van der Waals surface area contributed by atoms with Crippen LogP contribution in [-0.2, 0) is 6.42 Å². The number of fused-ring (bicyclic) bond motifs is 1. The van der Waals surface area contributed by atoms with Crippen LogP contribution in [0.5, 0.6) is 5.75 Å². The number of nitrogens with two attached hydrogens (primary N) is 1. The van der Waals surface area contributed by atoms with Gasteiger partial charge in [-0.2, -0.15) is 0 Å². The van der Waals surface area contributed by atoms with Crippen LogP contribution in [0.4, 0.5) is 5.69 Å². The van der Waals surface area contributed by atoms with Crippen molar-refractivity contribution in [2.45, 2.75) is 32.3 Å². The molecule has 0 aromatic carbocycles. The molecule has 7 heteroatoms. The molecule has 0 aliphatic heterocycles. The molecule has 0 saturated heterocycles. The number of ether oxygens (including phenoxy) is 1. The lowest BCUT2D eigenvalue weighted by Crippen LogP contribution is -2.04. The van der Waals surface area contributed by atoms with Gasteiger partial charge in [0, 0.05) is 23.4 Å². The van der Waals surface area contributed by atoms with E-state index in [4.69, 9.17) is 10.5 Å². The van der Waals surface area contributed by atoms with Crippen LogP contribution in [-0.4, -0.2) is 26.4 Å². The van der Waals surface area contributed by atoms with E-state index in [1.54, 1.807) is 6.20 Å². The average molecular weight is 297 g/mol. The van der Waals surface area contributed by atoms with Crippen molar-refractivity contribution in [2.75, 3.05) is 5.73 Å². The van der Waals surface area contributed by atoms with Crippen LogP contribution < -0.4 is 10.5 Å². The Bertz CT molecular complexity index is 824. The summed E-state index contributed by atoms with van der Waals surface area (Å²) in [6, 6.07) is 3.89. The molecule has 0 radical (unpaired) electrons. The van der Waals surface area contributed by atoms with Gasteiger partial charge in [-0.25, -0.2) is 9.61 Å². The molecule has 2 N–H and O–H groups in total. The highest BCUT2D eigenvalue weighted by atomic mass is 16.6. The maximum Gasteiger partial charge on any atom is 0.226 e. The summed E-state index contributed by atoms with van der Waals surface area (Å²) in [7, 11) is 0. The van der Waals surface area contributed by atoms with E-state index in [-0.39, 0.29) is 0 Å². The van der Waals surface area contributed by atoms with Gasteiger partial charge in [-0.1, -0.05) is 0 Å². The van der Waals surface area contributed by atoms with Crippen molar-refractivity contribution in [1.82, 2.24) is 20.3 Å². The number of hydrogen-bond acceptors (Lipinski definition) is 7. The fourth-order valence-electron chi connectivity index (χ4n) is 2.36. The summed E-state index contributed by atoms with van der Waals surface area (Å²) in [5.74, 6) is 0.810. The lowest BCUT2D eigenvalue weighted by molar-refractivity contribution is 0.302. The van der Waals surface area contributed by atoms with Crippen LogP contribution in [0.1, 0.15) is 29.8 Å². The Hall–Kier alpha value is -2.70. The smallest absolute Gasteiger partial charge is 0.226 e. The zero-order chi connectivity index (χ0) is 15.1. The van der Waals surface area contributed by atoms with Gasteiger partial charge >= 0.3 is 0 Å². The van der Waals surface area contributed by atoms with E-state index < -0.39 is 0 Å². The topological polar surface area (TPSA) is 100.0 Å². The highest BCUT2D eigenvalue weighted by molar-refractivity contribution is 5.85. The molecule has 3 aromatic heterocycles. The minimum atomic E-state index is 0.372. The summed E-state index contributed by atoms with van der Waals surface area (Å²) in [5, 5.41) is 7.53. The van der Waals surface area contributed by atoms with Crippen molar-refractivity contribution < 1.29 is 9.37 Å². The number of anilines is 1. The number of hydrogen-bond donors (Lipinski definition) is 1. The molecule has 0 atom stereocenters. The Labute approximate surface area is 126 Å². The third-order valence-corrected chi connectivity index (χ3v) is 3.74. The second-order valence-corrected chi connectivity index (χ2v) is 5.51. The van der Waals surface area contributed by atoms with Crippen LogP contribution in [0.15, 0.2) is 23.0 Å². The van der Waals surface area contributed by atoms with Gasteiger partial charge in [0.1, 0.15) is 5.75 Å². The number of nitrogen functional groups attached to an aromatic ring is 1. The maximum absolute atomic E-state index is 6.16. The standard InChI is InChI=1S/C15H15N5O2/c1-8-12(13(16)14-15(18-8)20-22-19-14)6-9-2-3-11(7-17-9)21-10-4-5-10/h2-3,7,10H,4-6,16H2,1H3. The molecule has 0 amide bonds. The maximum atomic E-state index is 6.16. The summed E-state index contributed by atoms with van der Waals surface area (Å²) in [5.41, 5.74) is 10.2. The number of rotatable bonds is 4. The van der Waals surface area contributed by atoms with Gasteiger partial charge < -0.3 is 10.5 Å². The Balaban J connectivity index is 1.62. The molecule has 0 bridgehead atoms. The van der Waals surface area contributed by atoms with Crippen molar-refractivity contribution in [3.63, 3.8) is 0 Å². The van der Waals surface area contributed by atoms with E-state index in [1.165, 1.54) is 0 Å². The summed E-state index contributed by atoms with van der Waals surface area (Å²) < 4.78 is 10.4. The largest absolute Gasteiger partial charge is 0.489 e. The van der Waals surface area contributed by atoms with Gasteiger partial charge in [0.05, 0.1) is 18.0 Å². The van der Waals surface area contributed by atoms with Crippen molar-refractivity contribution in [2.24, 2.45) is 0 Å². The molecule has 1 aliphatic carbocycles. The second kappa shape index (κ2) is 4.94. The van der Waals surface area contributed by atoms with Crippen LogP contribution in [0, 0.1) is 6.92 Å². The Kier molecular flexibility index (Phi) is 2.92. The molecule has 0 unspecified atom stereocenters. The second-order valence-electron chi connectivity index (χ2n) is 5.51. The van der Waals surface area contributed by atoms with Gasteiger partial charge in [0.25, 0.3) is 0 Å². The van der Waals surface area contributed by atoms with Crippen molar-refractivity contribution >= 4 is 16.9 Å². The van der Waals surface area contributed by atoms with Gasteiger partial charge in [-0.3, -0.25) is 4.98 Å². The Morgan fingerprint density at radius 3 is 2.91 bits per heavy atom. The van der Waals surface area contributed by atoms with E-state index in [0.717, 1.165) is 35.5 Å². The number of nitrogens with zero attached hydrogens (tertiary/aromatic N) is 4. The molecular formula is C15H15N5O2. The highest BCUT2D eigenvalue weighted by Gasteiger charge is 2.23. The van der Waals surface area contributed by atoms with E-state index in [2.05, 4.69) is 24.9 Å². The molecule has 22 heavy (non-hydrogen) atoms. The SMILES string of the molecule is Cc1nc2nonc2c(N)c1Cc1ccc(OC2CC2)cn1. The fourth-order valence-corrected chi connectivity index (χ4v) is 2.36. The highest BCUT2D eigenvalue weighted by Crippen LogP contribution is 2.28. The van der Waals surface area contributed by atoms with Crippen LogP contribution >= 0.6 is 0 Å². The van der Waals surface area contributed by atoms with Crippen molar-refractivity contribution in [3.8, 4) is 5.75 Å². The van der Waals surface area contributed by atoms with Crippen molar-refractivity contribution in [1.29, 1.82) is 0 Å². The molecule has 1 saturated carbocycles. The third kappa shape index (κ3) is 2.34. The lowest BCUT2D eigenvalue weighted by atomic mass is 10.1. The Morgan fingerprint density at radius 1 is 1.32 bits per heavy atom. The Morgan fingerprint density at radius 2 is 2.18 bits per heavy atom. The number of pyridine rings is 2. The number of aromatic nitrogens is 4. The molecule has 3 heterocycles. The average Bonchev–Trinajstić information content (AvgIpc) is 3.20. The first-order chi connectivity index (χ1) is 10.7. The molecule has 7 nitrogen and oxygen atoms in total. The first kappa shape index (κ1) is 13.0. The van der Waals surface area contributed by atoms with Crippen LogP contribution in [0.25, 0.3) is 11.2 Å².